The van der Waals surface area contributed by atoms with Crippen molar-refractivity contribution in [3.05, 3.63) is 70.3 Å². The first kappa shape index (κ1) is 36.1. The van der Waals surface area contributed by atoms with Crippen LogP contribution in [0.5, 0.6) is 0 Å². The van der Waals surface area contributed by atoms with Crippen LogP contribution in [0.25, 0.3) is 0 Å². The number of nitrogens with one attached hydrogen (secondary N) is 1. The monoisotopic (exact) mass is 648 g/mol. The van der Waals surface area contributed by atoms with Crippen LogP contribution in [0, 0.1) is 18.6 Å². The summed E-state index contributed by atoms with van der Waals surface area (Å²) in [5.41, 5.74) is 1.26. The van der Waals surface area contributed by atoms with Gasteiger partial charge in [0.2, 0.25) is 0 Å². The number of carbonyl (C=O) groups excluding carboxylic acids is 2. The smallest absolute Gasteiger partial charge is 0.407 e. The normalized spacial score (nSPS) is 18.4. The molecule has 0 saturated carbocycles. The number of aryl methyl sites for hydroxylation is 1. The average molecular weight is 649 g/mol. The lowest BCUT2D eigenvalue weighted by atomic mass is 9.94. The number of carbonyl (C=O) groups is 3. The number of carboxylic acid groups (broad SMARTS) is 1. The van der Waals surface area contributed by atoms with Crippen LogP contribution in [0.4, 0.5) is 13.6 Å². The molecule has 2 aromatic rings. The van der Waals surface area contributed by atoms with Gasteiger partial charge < -0.3 is 29.2 Å². The van der Waals surface area contributed by atoms with Gasteiger partial charge in [0.1, 0.15) is 11.6 Å². The third kappa shape index (κ3) is 9.33. The van der Waals surface area contributed by atoms with Gasteiger partial charge in [0, 0.05) is 18.2 Å². The summed E-state index contributed by atoms with van der Waals surface area (Å²) < 4.78 is 46.5. The van der Waals surface area contributed by atoms with Gasteiger partial charge in [-0.3, -0.25) is 4.79 Å². The third-order valence-electron chi connectivity index (χ3n) is 8.58. The number of hydrogen-bond donors (Lipinski definition) is 2. The highest BCUT2D eigenvalue weighted by molar-refractivity contribution is 6.74. The molecule has 4 atom stereocenters. The molecule has 2 aromatic carbocycles. The lowest BCUT2D eigenvalue weighted by molar-refractivity contribution is 0.0468. The molecule has 0 radical (unpaired) electrons. The molecule has 0 spiro atoms. The number of hydrogen-bond acceptors (Lipinski definition) is 6. The molecule has 45 heavy (non-hydrogen) atoms. The van der Waals surface area contributed by atoms with Crippen LogP contribution in [-0.4, -0.2) is 80.8 Å². The Morgan fingerprint density at radius 2 is 1.69 bits per heavy atom. The van der Waals surface area contributed by atoms with E-state index in [2.05, 4.69) is 5.32 Å². The Bertz CT molecular complexity index is 1360. The highest BCUT2D eigenvalue weighted by atomic mass is 28.4. The average Bonchev–Trinajstić information content (AvgIpc) is 3.37. The maximum absolute atomic E-state index is 14.4. The topological polar surface area (TPSA) is 114 Å². The number of methoxy groups -OCH3 is 1. The highest BCUT2D eigenvalue weighted by Gasteiger charge is 2.49. The Morgan fingerprint density at radius 1 is 1.07 bits per heavy atom. The molecule has 248 valence electrons. The number of amides is 2. The van der Waals surface area contributed by atoms with Gasteiger partial charge in [-0.25, -0.2) is 18.4 Å². The number of halogens is 2. The van der Waals surface area contributed by atoms with Crippen LogP contribution < -0.4 is 5.32 Å². The van der Waals surface area contributed by atoms with Crippen LogP contribution in [0.1, 0.15) is 72.4 Å². The van der Waals surface area contributed by atoms with Crippen molar-refractivity contribution in [3.63, 3.8) is 0 Å². The molecule has 2 N–H and O–H groups in total. The zero-order chi connectivity index (χ0) is 33.7. The summed E-state index contributed by atoms with van der Waals surface area (Å²) in [6.45, 7) is 14.5. The SMILES string of the molecule is CCCOC1CC(C(O[Si](C)(C)C(C)(C)C)C(Cc2cc(F)cc(F)c2)NC(=O)c2cc(C)cc(C(=O)OC)c2)N(C(=O)O)C1. The number of nitrogens with zero attached hydrogens (tertiary/aromatic N) is 1. The first-order valence-electron chi connectivity index (χ1n) is 15.2. The second-order valence-corrected chi connectivity index (χ2v) is 18.0. The number of esters is 1. The van der Waals surface area contributed by atoms with Gasteiger partial charge in [-0.2, -0.15) is 0 Å². The van der Waals surface area contributed by atoms with Crippen LogP contribution in [0.3, 0.4) is 0 Å². The Hall–Kier alpha value is -3.35. The van der Waals surface area contributed by atoms with Crippen molar-refractivity contribution in [1.82, 2.24) is 10.2 Å². The number of ether oxygens (including phenoxy) is 2. The van der Waals surface area contributed by atoms with Gasteiger partial charge in [0.15, 0.2) is 8.32 Å². The largest absolute Gasteiger partial charge is 0.465 e. The second-order valence-electron chi connectivity index (χ2n) is 13.2. The molecular weight excluding hydrogens is 602 g/mol. The van der Waals surface area contributed by atoms with Gasteiger partial charge in [0.05, 0.1) is 43.5 Å². The van der Waals surface area contributed by atoms with E-state index in [1.165, 1.54) is 30.2 Å². The highest BCUT2D eigenvalue weighted by Crippen LogP contribution is 2.40. The van der Waals surface area contributed by atoms with E-state index in [4.69, 9.17) is 13.9 Å². The van der Waals surface area contributed by atoms with Crippen molar-refractivity contribution in [1.29, 1.82) is 0 Å². The fraction of sp³-hybridized carbons (Fsp3) is 0.545. The minimum absolute atomic E-state index is 0.0557. The lowest BCUT2D eigenvalue weighted by Gasteiger charge is -2.44. The molecule has 2 amide bonds. The van der Waals surface area contributed by atoms with E-state index in [9.17, 15) is 28.3 Å². The zero-order valence-corrected chi connectivity index (χ0v) is 28.4. The van der Waals surface area contributed by atoms with E-state index in [-0.39, 0.29) is 40.8 Å². The van der Waals surface area contributed by atoms with E-state index < -0.39 is 56.1 Å². The van der Waals surface area contributed by atoms with E-state index >= 15 is 0 Å². The number of benzene rings is 2. The molecule has 0 aliphatic carbocycles. The summed E-state index contributed by atoms with van der Waals surface area (Å²) in [7, 11) is -1.39. The lowest BCUT2D eigenvalue weighted by Crippen LogP contribution is -2.59. The van der Waals surface area contributed by atoms with Crippen molar-refractivity contribution in [2.45, 2.75) is 96.3 Å². The zero-order valence-electron chi connectivity index (χ0n) is 27.4. The van der Waals surface area contributed by atoms with Crippen LogP contribution in [-0.2, 0) is 20.3 Å². The van der Waals surface area contributed by atoms with Gasteiger partial charge in [-0.05, 0) is 85.8 Å². The fourth-order valence-electron chi connectivity index (χ4n) is 5.34. The molecule has 3 rings (SSSR count). The first-order valence-corrected chi connectivity index (χ1v) is 18.1. The maximum Gasteiger partial charge on any atom is 0.407 e. The molecule has 9 nitrogen and oxygen atoms in total. The summed E-state index contributed by atoms with van der Waals surface area (Å²) in [6.07, 6.45) is -1.44. The Morgan fingerprint density at radius 3 is 2.24 bits per heavy atom. The Labute approximate surface area is 265 Å². The van der Waals surface area contributed by atoms with Gasteiger partial charge >= 0.3 is 12.1 Å². The van der Waals surface area contributed by atoms with Gasteiger partial charge in [-0.1, -0.05) is 27.7 Å². The van der Waals surface area contributed by atoms with Gasteiger partial charge in [0.25, 0.3) is 5.91 Å². The molecule has 0 aromatic heterocycles. The van der Waals surface area contributed by atoms with E-state index in [0.717, 1.165) is 12.5 Å². The van der Waals surface area contributed by atoms with Crippen molar-refractivity contribution in [2.24, 2.45) is 0 Å². The van der Waals surface area contributed by atoms with Gasteiger partial charge in [-0.15, -0.1) is 0 Å². The van der Waals surface area contributed by atoms with Crippen LogP contribution in [0.15, 0.2) is 36.4 Å². The molecule has 1 aliphatic heterocycles. The molecule has 12 heteroatoms. The van der Waals surface area contributed by atoms with Crippen molar-refractivity contribution < 1.29 is 42.2 Å². The van der Waals surface area contributed by atoms with E-state index in [1.54, 1.807) is 19.1 Å². The predicted octanol–water partition coefficient (Wildman–Crippen LogP) is 6.34. The summed E-state index contributed by atoms with van der Waals surface area (Å²) >= 11 is 0. The molecule has 4 unspecified atom stereocenters. The second kappa shape index (κ2) is 14.8. The quantitative estimate of drug-likeness (QED) is 0.204. The summed E-state index contributed by atoms with van der Waals surface area (Å²) in [6, 6.07) is 6.09. The van der Waals surface area contributed by atoms with E-state index in [0.29, 0.717) is 18.6 Å². The molecule has 1 saturated heterocycles. The third-order valence-corrected chi connectivity index (χ3v) is 13.1. The number of rotatable bonds is 12. The maximum atomic E-state index is 14.4. The summed E-state index contributed by atoms with van der Waals surface area (Å²) in [5.74, 6) is -2.73. The van der Waals surface area contributed by atoms with Crippen molar-refractivity contribution in [3.8, 4) is 0 Å². The fourth-order valence-corrected chi connectivity index (χ4v) is 6.70. The molecule has 0 bridgehead atoms. The Balaban J connectivity index is 2.15. The van der Waals surface area contributed by atoms with Crippen LogP contribution in [0.2, 0.25) is 18.1 Å². The van der Waals surface area contributed by atoms with Crippen LogP contribution >= 0.6 is 0 Å². The number of likely N-dealkylation sites (tertiary alicyclic amines) is 1. The van der Waals surface area contributed by atoms with Crippen molar-refractivity contribution in [2.75, 3.05) is 20.3 Å². The summed E-state index contributed by atoms with van der Waals surface area (Å²) in [4.78, 5) is 40.0. The summed E-state index contributed by atoms with van der Waals surface area (Å²) in [5, 5.41) is 13.0. The predicted molar refractivity (Wildman–Crippen MR) is 169 cm³/mol. The first-order chi connectivity index (χ1) is 20.9. The minimum Gasteiger partial charge on any atom is -0.465 e. The molecule has 1 fully saturated rings. The molecular formula is C33H46F2N2O7Si. The minimum atomic E-state index is -2.64. The standard InChI is InChI=1S/C33H46F2N2O7Si/c1-9-10-43-26-18-28(37(19-26)32(40)41)29(44-45(7,8)33(3,4)5)27(15-21-13-24(34)17-25(35)14-21)36-30(38)22-11-20(2)12-23(16-22)31(39)42-6/h11-14,16-17,26-29H,9-10,15,18-19H2,1-8H3,(H,36,38)(H,40,41). The van der Waals surface area contributed by atoms with E-state index in [1.807, 2.05) is 40.8 Å². The Kier molecular flexibility index (Phi) is 11.9. The molecule has 1 heterocycles. The molecule has 1 aliphatic rings. The van der Waals surface area contributed by atoms with Crippen molar-refractivity contribution >= 4 is 26.3 Å².